The van der Waals surface area contributed by atoms with Crippen LogP contribution >= 0.6 is 22.9 Å². The molecule has 0 amide bonds. The molecule has 4 aromatic rings. The fourth-order valence-corrected chi connectivity index (χ4v) is 5.99. The standard InChI is InChI=1S/C28H21ClN2OS/c1-17-10-12-19(13-11-17)26-22-15-14-18-6-2-4-8-21(18)25(22)30-28-31(26)27(32)24(33-28)16-20-7-3-5-9-23(20)29/h2-13,16,26H,14-15H2,1H3. The smallest absolute Gasteiger partial charge is 0.271 e. The molecule has 3 nitrogen and oxygen atoms in total. The van der Waals surface area contributed by atoms with Crippen molar-refractivity contribution < 1.29 is 0 Å². The van der Waals surface area contributed by atoms with Crippen LogP contribution in [0.25, 0.3) is 11.8 Å². The number of halogens is 1. The van der Waals surface area contributed by atoms with E-state index in [4.69, 9.17) is 16.6 Å². The van der Waals surface area contributed by atoms with Crippen LogP contribution in [0, 0.1) is 6.92 Å². The number of benzene rings is 3. The van der Waals surface area contributed by atoms with Gasteiger partial charge in [0, 0.05) is 10.6 Å². The average Bonchev–Trinajstić information content (AvgIpc) is 3.14. The van der Waals surface area contributed by atoms with Gasteiger partial charge in [-0.3, -0.25) is 9.36 Å². The lowest BCUT2D eigenvalue weighted by Gasteiger charge is -2.30. The number of hydrogen-bond donors (Lipinski definition) is 0. The third kappa shape index (κ3) is 3.41. The topological polar surface area (TPSA) is 34.4 Å². The predicted octanol–water partition coefficient (Wildman–Crippen LogP) is 5.28. The second-order valence-corrected chi connectivity index (χ2v) is 9.96. The highest BCUT2D eigenvalue weighted by Gasteiger charge is 2.32. The minimum Gasteiger partial charge on any atom is -0.272 e. The van der Waals surface area contributed by atoms with Crippen molar-refractivity contribution in [1.82, 2.24) is 4.57 Å². The lowest BCUT2D eigenvalue weighted by atomic mass is 9.83. The number of nitrogens with zero attached hydrogens (tertiary/aromatic N) is 2. The number of thiazole rings is 1. The minimum absolute atomic E-state index is 0.0188. The summed E-state index contributed by atoms with van der Waals surface area (Å²) in [6.45, 7) is 2.08. The molecule has 0 radical (unpaired) electrons. The quantitative estimate of drug-likeness (QED) is 0.394. The van der Waals surface area contributed by atoms with E-state index >= 15 is 0 Å². The summed E-state index contributed by atoms with van der Waals surface area (Å²) < 4.78 is 2.53. The van der Waals surface area contributed by atoms with E-state index in [0.717, 1.165) is 34.5 Å². The molecule has 0 fully saturated rings. The van der Waals surface area contributed by atoms with Gasteiger partial charge >= 0.3 is 0 Å². The largest absolute Gasteiger partial charge is 0.272 e. The predicted molar refractivity (Wildman–Crippen MR) is 135 cm³/mol. The van der Waals surface area contributed by atoms with E-state index in [0.29, 0.717) is 9.55 Å². The Hall–Kier alpha value is -3.21. The Morgan fingerprint density at radius 1 is 1.00 bits per heavy atom. The Morgan fingerprint density at radius 3 is 2.58 bits per heavy atom. The number of allylic oxidation sites excluding steroid dienone is 1. The zero-order valence-corrected chi connectivity index (χ0v) is 19.7. The van der Waals surface area contributed by atoms with Crippen LogP contribution in [0.3, 0.4) is 0 Å². The fourth-order valence-electron chi connectivity index (χ4n) is 4.80. The Bertz CT molecular complexity index is 1610. The van der Waals surface area contributed by atoms with Gasteiger partial charge in [-0.2, -0.15) is 0 Å². The molecule has 1 aromatic heterocycles. The summed E-state index contributed by atoms with van der Waals surface area (Å²) in [6, 6.07) is 24.4. The molecular weight excluding hydrogens is 448 g/mol. The summed E-state index contributed by atoms with van der Waals surface area (Å²) >= 11 is 7.81. The summed E-state index contributed by atoms with van der Waals surface area (Å²) in [5.41, 5.74) is 7.88. The van der Waals surface area contributed by atoms with Gasteiger partial charge in [-0.1, -0.05) is 95.2 Å². The average molecular weight is 469 g/mol. The highest BCUT2D eigenvalue weighted by Crippen LogP contribution is 2.41. The van der Waals surface area contributed by atoms with Gasteiger partial charge < -0.3 is 0 Å². The maximum absolute atomic E-state index is 13.7. The van der Waals surface area contributed by atoms with Crippen LogP contribution in [-0.2, 0) is 6.42 Å². The summed E-state index contributed by atoms with van der Waals surface area (Å²) in [5, 5.41) is 0.631. The molecule has 1 unspecified atom stereocenters. The second kappa shape index (κ2) is 7.98. The van der Waals surface area contributed by atoms with Crippen molar-refractivity contribution in [2.45, 2.75) is 25.8 Å². The molecule has 3 aromatic carbocycles. The fraction of sp³-hybridized carbons (Fsp3) is 0.143. The first-order chi connectivity index (χ1) is 16.1. The second-order valence-electron chi connectivity index (χ2n) is 8.55. The first-order valence-corrected chi connectivity index (χ1v) is 12.2. The maximum atomic E-state index is 13.7. The molecule has 2 heterocycles. The van der Waals surface area contributed by atoms with Crippen molar-refractivity contribution >= 4 is 34.7 Å². The number of fused-ring (bicyclic) bond motifs is 3. The lowest BCUT2D eigenvalue weighted by Crippen LogP contribution is -2.38. The van der Waals surface area contributed by atoms with Crippen LogP contribution in [-0.4, -0.2) is 4.57 Å². The minimum atomic E-state index is -0.154. The Kier molecular flexibility index (Phi) is 4.93. The third-order valence-electron chi connectivity index (χ3n) is 6.46. The molecule has 162 valence electrons. The molecule has 0 bridgehead atoms. The lowest BCUT2D eigenvalue weighted by molar-refractivity contribution is 0.585. The Balaban J connectivity index is 1.64. The van der Waals surface area contributed by atoms with Crippen LogP contribution in [0.2, 0.25) is 5.02 Å². The van der Waals surface area contributed by atoms with E-state index < -0.39 is 0 Å². The van der Waals surface area contributed by atoms with E-state index in [1.807, 2.05) is 34.9 Å². The van der Waals surface area contributed by atoms with Crippen molar-refractivity contribution in [3.8, 4) is 0 Å². The monoisotopic (exact) mass is 468 g/mol. The van der Waals surface area contributed by atoms with E-state index in [-0.39, 0.29) is 11.6 Å². The molecule has 1 aliphatic carbocycles. The number of aromatic nitrogens is 1. The van der Waals surface area contributed by atoms with E-state index in [2.05, 4.69) is 55.5 Å². The molecule has 0 saturated carbocycles. The van der Waals surface area contributed by atoms with Crippen LogP contribution in [0.5, 0.6) is 0 Å². The van der Waals surface area contributed by atoms with Gasteiger partial charge in [0.25, 0.3) is 5.56 Å². The van der Waals surface area contributed by atoms with Gasteiger partial charge in [-0.25, -0.2) is 4.99 Å². The van der Waals surface area contributed by atoms with Gasteiger partial charge in [-0.05, 0) is 54.2 Å². The van der Waals surface area contributed by atoms with Crippen molar-refractivity contribution in [2.24, 2.45) is 4.99 Å². The van der Waals surface area contributed by atoms with E-state index in [9.17, 15) is 4.79 Å². The van der Waals surface area contributed by atoms with Gasteiger partial charge in [0.05, 0.1) is 16.3 Å². The molecule has 33 heavy (non-hydrogen) atoms. The molecular formula is C28H21ClN2OS. The number of hydrogen-bond acceptors (Lipinski definition) is 3. The van der Waals surface area contributed by atoms with Crippen LogP contribution < -0.4 is 14.9 Å². The van der Waals surface area contributed by atoms with Gasteiger partial charge in [-0.15, -0.1) is 0 Å². The molecule has 0 spiro atoms. The summed E-state index contributed by atoms with van der Waals surface area (Å²) in [5.74, 6) is 0. The van der Waals surface area contributed by atoms with Crippen molar-refractivity contribution in [1.29, 1.82) is 0 Å². The SMILES string of the molecule is Cc1ccc(C2C3=C(N=c4sc(=Cc5ccccc5Cl)c(=O)n42)c2ccccc2CC3)cc1. The summed E-state index contributed by atoms with van der Waals surface area (Å²) in [7, 11) is 0. The highest BCUT2D eigenvalue weighted by atomic mass is 35.5. The third-order valence-corrected chi connectivity index (χ3v) is 7.79. The number of aryl methyl sites for hydroxylation is 2. The first-order valence-electron chi connectivity index (χ1n) is 11.0. The maximum Gasteiger partial charge on any atom is 0.271 e. The first kappa shape index (κ1) is 20.4. The molecule has 1 atom stereocenters. The normalized spacial score (nSPS) is 17.3. The zero-order valence-electron chi connectivity index (χ0n) is 18.1. The van der Waals surface area contributed by atoms with Crippen LogP contribution in [0.4, 0.5) is 0 Å². The van der Waals surface area contributed by atoms with Crippen LogP contribution in [0.15, 0.2) is 88.2 Å². The molecule has 5 heteroatoms. The van der Waals surface area contributed by atoms with Crippen LogP contribution in [0.1, 0.15) is 40.3 Å². The van der Waals surface area contributed by atoms with Crippen molar-refractivity contribution in [3.63, 3.8) is 0 Å². The molecule has 0 N–H and O–H groups in total. The Labute approximate surface area is 200 Å². The Morgan fingerprint density at radius 2 is 1.76 bits per heavy atom. The molecule has 0 saturated heterocycles. The van der Waals surface area contributed by atoms with E-state index in [1.54, 1.807) is 0 Å². The van der Waals surface area contributed by atoms with Gasteiger partial charge in [0.1, 0.15) is 0 Å². The molecule has 2 aliphatic rings. The summed E-state index contributed by atoms with van der Waals surface area (Å²) in [6.07, 6.45) is 3.73. The molecule has 1 aliphatic heterocycles. The molecule has 6 rings (SSSR count). The van der Waals surface area contributed by atoms with Crippen molar-refractivity contribution in [3.05, 3.63) is 131 Å². The van der Waals surface area contributed by atoms with Crippen molar-refractivity contribution in [2.75, 3.05) is 0 Å². The van der Waals surface area contributed by atoms with Gasteiger partial charge in [0.15, 0.2) is 4.80 Å². The summed E-state index contributed by atoms with van der Waals surface area (Å²) in [4.78, 5) is 19.5. The van der Waals surface area contributed by atoms with E-state index in [1.165, 1.54) is 33.6 Å². The highest BCUT2D eigenvalue weighted by molar-refractivity contribution is 7.07. The van der Waals surface area contributed by atoms with Gasteiger partial charge in [0.2, 0.25) is 0 Å². The zero-order chi connectivity index (χ0) is 22.5. The number of rotatable bonds is 2.